The Hall–Kier alpha value is -3.51. The first kappa shape index (κ1) is 34.5. The molecule has 0 spiro atoms. The first-order valence-corrected chi connectivity index (χ1v) is 14.3. The number of carbonyl (C=O) groups excluding carboxylic acids is 3. The second-order valence-corrected chi connectivity index (χ2v) is 9.84. The number of nitrogens with one attached hydrogen (secondary N) is 2. The summed E-state index contributed by atoms with van der Waals surface area (Å²) in [7, 11) is -0.187. The van der Waals surface area contributed by atoms with Gasteiger partial charge in [-0.1, -0.05) is 37.6 Å². The van der Waals surface area contributed by atoms with Gasteiger partial charge in [0.2, 0.25) is 11.8 Å². The molecule has 1 heterocycles. The number of benzene rings is 1. The lowest BCUT2D eigenvalue weighted by molar-refractivity contribution is -0.120. The SMILES string of the molecule is CC.CC1=CC(F)C=C(C2CC(=O)NS2=O)C=C1.COC(=O)c1c(O)cccc1OCCCCCNC(=O)CN. The van der Waals surface area contributed by atoms with E-state index in [2.05, 4.69) is 14.8 Å². The molecule has 5 N–H and O–H groups in total. The minimum atomic E-state index is -1.43. The molecule has 2 amide bonds. The van der Waals surface area contributed by atoms with Crippen LogP contribution in [0.2, 0.25) is 0 Å². The maximum atomic E-state index is 13.4. The number of aromatic hydroxyl groups is 1. The highest BCUT2D eigenvalue weighted by molar-refractivity contribution is 7.85. The summed E-state index contributed by atoms with van der Waals surface area (Å²) in [6.45, 7) is 6.78. The fourth-order valence-electron chi connectivity index (χ4n) is 3.58. The third kappa shape index (κ3) is 11.7. The predicted octanol–water partition coefficient (Wildman–Crippen LogP) is 3.15. The lowest BCUT2D eigenvalue weighted by Crippen LogP contribution is -2.30. The normalized spacial score (nSPS) is 19.4. The van der Waals surface area contributed by atoms with Crippen molar-refractivity contribution in [3.63, 3.8) is 0 Å². The maximum absolute atomic E-state index is 13.4. The van der Waals surface area contributed by atoms with Crippen LogP contribution in [0.25, 0.3) is 0 Å². The molecule has 3 rings (SSSR count). The lowest BCUT2D eigenvalue weighted by atomic mass is 10.1. The summed E-state index contributed by atoms with van der Waals surface area (Å²) in [5.41, 5.74) is 6.64. The number of nitrogens with two attached hydrogens (primary N) is 1. The van der Waals surface area contributed by atoms with E-state index in [-0.39, 0.29) is 36.1 Å². The van der Waals surface area contributed by atoms with Gasteiger partial charge < -0.3 is 25.6 Å². The molecule has 1 aromatic rings. The highest BCUT2D eigenvalue weighted by atomic mass is 32.2. The van der Waals surface area contributed by atoms with E-state index in [9.17, 15) is 28.1 Å². The van der Waals surface area contributed by atoms with Crippen LogP contribution in [-0.4, -0.2) is 65.3 Å². The minimum absolute atomic E-state index is 0.00306. The molecule has 222 valence electrons. The van der Waals surface area contributed by atoms with Crippen LogP contribution < -0.4 is 20.5 Å². The number of phenols is 1. The summed E-state index contributed by atoms with van der Waals surface area (Å²) in [6, 6.07) is 4.60. The number of alkyl halides is 1. The predicted molar refractivity (Wildman–Crippen MR) is 153 cm³/mol. The molecule has 1 aliphatic heterocycles. The quantitative estimate of drug-likeness (QED) is 0.242. The van der Waals surface area contributed by atoms with Crippen molar-refractivity contribution in [1.82, 2.24) is 10.0 Å². The van der Waals surface area contributed by atoms with Gasteiger partial charge in [0.25, 0.3) is 0 Å². The largest absolute Gasteiger partial charge is 0.507 e. The van der Waals surface area contributed by atoms with Crippen molar-refractivity contribution in [3.8, 4) is 11.5 Å². The zero-order valence-electron chi connectivity index (χ0n) is 23.4. The van der Waals surface area contributed by atoms with Crippen molar-refractivity contribution in [1.29, 1.82) is 0 Å². The molecule has 1 saturated heterocycles. The van der Waals surface area contributed by atoms with Crippen LogP contribution in [-0.2, 0) is 25.3 Å². The van der Waals surface area contributed by atoms with E-state index >= 15 is 0 Å². The topological polar surface area (TPSA) is 157 Å². The second kappa shape index (κ2) is 18.7. The number of amides is 2. The smallest absolute Gasteiger partial charge is 0.345 e. The number of ether oxygens (including phenoxy) is 2. The number of methoxy groups -OCH3 is 1. The average molecular weight is 582 g/mol. The Bertz CT molecular complexity index is 1120. The molecule has 0 saturated carbocycles. The number of phenolic OH excluding ortho intramolecular Hbond substituents is 1. The fraction of sp³-hybridized carbons (Fsp3) is 0.464. The van der Waals surface area contributed by atoms with Gasteiger partial charge in [-0.05, 0) is 56.0 Å². The molecule has 0 radical (unpaired) electrons. The van der Waals surface area contributed by atoms with Crippen molar-refractivity contribution in [3.05, 3.63) is 59.2 Å². The van der Waals surface area contributed by atoms with Crippen LogP contribution in [0.15, 0.2) is 53.6 Å². The van der Waals surface area contributed by atoms with Gasteiger partial charge in [-0.15, -0.1) is 0 Å². The van der Waals surface area contributed by atoms with E-state index in [0.717, 1.165) is 24.8 Å². The van der Waals surface area contributed by atoms with E-state index in [4.69, 9.17) is 10.5 Å². The van der Waals surface area contributed by atoms with Crippen molar-refractivity contribution >= 4 is 28.8 Å². The monoisotopic (exact) mass is 581 g/mol. The highest BCUT2D eigenvalue weighted by Gasteiger charge is 2.32. The molecule has 1 aliphatic carbocycles. The van der Waals surface area contributed by atoms with Gasteiger partial charge in [0.05, 0.1) is 25.5 Å². The van der Waals surface area contributed by atoms with Gasteiger partial charge in [-0.25, -0.2) is 13.4 Å². The maximum Gasteiger partial charge on any atom is 0.345 e. The van der Waals surface area contributed by atoms with Crippen molar-refractivity contribution in [2.24, 2.45) is 5.73 Å². The molecule has 12 heteroatoms. The minimum Gasteiger partial charge on any atom is -0.507 e. The molecule has 1 fully saturated rings. The van der Waals surface area contributed by atoms with E-state index < -0.39 is 28.4 Å². The third-order valence-electron chi connectivity index (χ3n) is 5.51. The number of allylic oxidation sites excluding steroid dienone is 5. The number of esters is 1. The molecule has 3 unspecified atom stereocenters. The lowest BCUT2D eigenvalue weighted by Gasteiger charge is -2.11. The van der Waals surface area contributed by atoms with E-state index in [1.807, 2.05) is 13.8 Å². The Morgan fingerprint density at radius 2 is 1.93 bits per heavy atom. The Labute approximate surface area is 237 Å². The summed E-state index contributed by atoms with van der Waals surface area (Å²) in [6.07, 6.45) is 7.81. The number of hydrogen-bond donors (Lipinski definition) is 4. The number of carbonyl (C=O) groups is 3. The molecular formula is C28H40FN3O7S. The average Bonchev–Trinajstić information content (AvgIpc) is 3.18. The molecule has 3 atom stereocenters. The van der Waals surface area contributed by atoms with Crippen LogP contribution in [0.4, 0.5) is 4.39 Å². The first-order chi connectivity index (χ1) is 19.2. The molecule has 40 heavy (non-hydrogen) atoms. The second-order valence-electron chi connectivity index (χ2n) is 8.48. The number of rotatable bonds is 10. The van der Waals surface area contributed by atoms with Gasteiger partial charge in [-0.2, -0.15) is 0 Å². The summed E-state index contributed by atoms with van der Waals surface area (Å²) in [4.78, 5) is 33.6. The number of unbranched alkanes of at least 4 members (excludes halogenated alkanes) is 2. The molecule has 0 aromatic heterocycles. The standard InChI is InChI=1S/C15H22N2O5.C11H12FNO2S.C2H6/c1-21-15(20)14-11(18)6-5-7-12(14)22-9-4-2-3-8-17-13(19)10-16;1-7-2-3-8(5-9(12)4-7)10-6-11(14)13-16(10)15;1-2/h5-7,18H,2-4,8-10,16H2,1H3,(H,17,19);2-5,9-10H,6H2,1H3,(H,13,14);1-2H3. The Morgan fingerprint density at radius 3 is 2.55 bits per heavy atom. The van der Waals surface area contributed by atoms with Crippen molar-refractivity contribution in [2.75, 3.05) is 26.8 Å². The Kier molecular flexibility index (Phi) is 16.2. The van der Waals surface area contributed by atoms with Gasteiger partial charge >= 0.3 is 5.97 Å². The molecule has 10 nitrogen and oxygen atoms in total. The Balaban J connectivity index is 0.000000391. The fourth-order valence-corrected chi connectivity index (χ4v) is 4.74. The van der Waals surface area contributed by atoms with E-state index in [1.165, 1.54) is 25.3 Å². The van der Waals surface area contributed by atoms with Crippen LogP contribution in [0.3, 0.4) is 0 Å². The molecule has 1 aromatic carbocycles. The zero-order valence-corrected chi connectivity index (χ0v) is 24.2. The third-order valence-corrected chi connectivity index (χ3v) is 6.89. The molecular weight excluding hydrogens is 541 g/mol. The highest BCUT2D eigenvalue weighted by Crippen LogP contribution is 2.28. The van der Waals surface area contributed by atoms with Crippen LogP contribution in [0.1, 0.15) is 56.8 Å². The zero-order chi connectivity index (χ0) is 30.1. The van der Waals surface area contributed by atoms with Crippen LogP contribution in [0, 0.1) is 0 Å². The summed E-state index contributed by atoms with van der Waals surface area (Å²) in [5, 5.41) is 12.0. The van der Waals surface area contributed by atoms with E-state index in [1.54, 1.807) is 31.2 Å². The van der Waals surface area contributed by atoms with Crippen molar-refractivity contribution < 1.29 is 37.6 Å². The first-order valence-electron chi connectivity index (χ1n) is 13.1. The number of hydrogen-bond acceptors (Lipinski definition) is 8. The van der Waals surface area contributed by atoms with Gasteiger partial charge in [0, 0.05) is 13.0 Å². The summed E-state index contributed by atoms with van der Waals surface area (Å²) in [5.74, 6) is -0.935. The van der Waals surface area contributed by atoms with Gasteiger partial charge in [0.15, 0.2) is 0 Å². The van der Waals surface area contributed by atoms with Gasteiger partial charge in [0.1, 0.15) is 34.2 Å². The molecule has 2 aliphatic rings. The van der Waals surface area contributed by atoms with Crippen molar-refractivity contribution in [2.45, 2.75) is 57.9 Å². The number of halogens is 1. The van der Waals surface area contributed by atoms with Crippen LogP contribution >= 0.6 is 0 Å². The van der Waals surface area contributed by atoms with Crippen LogP contribution in [0.5, 0.6) is 11.5 Å². The Morgan fingerprint density at radius 1 is 1.20 bits per heavy atom. The summed E-state index contributed by atoms with van der Waals surface area (Å²) >= 11 is 0. The van der Waals surface area contributed by atoms with Gasteiger partial charge in [-0.3, -0.25) is 14.3 Å². The van der Waals surface area contributed by atoms with E-state index in [0.29, 0.717) is 24.5 Å². The molecule has 0 bridgehead atoms. The summed E-state index contributed by atoms with van der Waals surface area (Å²) < 4.78 is 37.4.